The molecule has 0 saturated heterocycles. The highest BCUT2D eigenvalue weighted by atomic mass is 79.9. The number of halogens is 2. The fourth-order valence-electron chi connectivity index (χ4n) is 1.66. The Morgan fingerprint density at radius 1 is 1.10 bits per heavy atom. The molecule has 0 unspecified atom stereocenters. The van der Waals surface area contributed by atoms with Crippen molar-refractivity contribution < 1.29 is 9.90 Å². The van der Waals surface area contributed by atoms with Gasteiger partial charge >= 0.3 is 0 Å². The summed E-state index contributed by atoms with van der Waals surface area (Å²) in [4.78, 5) is 11.9. The van der Waals surface area contributed by atoms with Crippen LogP contribution in [0, 0.1) is 0 Å². The Kier molecular flexibility index (Phi) is 5.14. The van der Waals surface area contributed by atoms with Gasteiger partial charge in [0.05, 0.1) is 5.71 Å². The molecule has 0 atom stereocenters. The molecule has 1 amide bonds. The summed E-state index contributed by atoms with van der Waals surface area (Å²) in [5, 5.41) is 13.8. The normalized spacial score (nSPS) is 11.3. The van der Waals surface area contributed by atoms with E-state index in [9.17, 15) is 9.90 Å². The van der Waals surface area contributed by atoms with Crippen LogP contribution in [0.1, 0.15) is 22.8 Å². The molecule has 0 fully saturated rings. The van der Waals surface area contributed by atoms with E-state index in [0.29, 0.717) is 16.8 Å². The maximum atomic E-state index is 11.9. The molecular formula is C15H12Br2N2O2. The van der Waals surface area contributed by atoms with E-state index in [2.05, 4.69) is 42.4 Å². The van der Waals surface area contributed by atoms with Gasteiger partial charge < -0.3 is 5.11 Å². The van der Waals surface area contributed by atoms with E-state index in [0.717, 1.165) is 8.95 Å². The largest absolute Gasteiger partial charge is 0.507 e. The molecule has 2 aromatic rings. The smallest absolute Gasteiger partial charge is 0.271 e. The monoisotopic (exact) mass is 410 g/mol. The van der Waals surface area contributed by atoms with Gasteiger partial charge in [-0.05, 0) is 49.4 Å². The molecule has 21 heavy (non-hydrogen) atoms. The van der Waals surface area contributed by atoms with E-state index >= 15 is 0 Å². The summed E-state index contributed by atoms with van der Waals surface area (Å²) in [6.07, 6.45) is 0. The number of amides is 1. The van der Waals surface area contributed by atoms with Gasteiger partial charge in [0.1, 0.15) is 5.75 Å². The maximum absolute atomic E-state index is 11.9. The first-order valence-electron chi connectivity index (χ1n) is 6.06. The van der Waals surface area contributed by atoms with Crippen LogP contribution in [0.15, 0.2) is 56.5 Å². The second-order valence-electron chi connectivity index (χ2n) is 4.31. The van der Waals surface area contributed by atoms with E-state index in [1.54, 1.807) is 49.4 Å². The summed E-state index contributed by atoms with van der Waals surface area (Å²) in [7, 11) is 0. The van der Waals surface area contributed by atoms with Crippen molar-refractivity contribution in [2.75, 3.05) is 0 Å². The first-order valence-corrected chi connectivity index (χ1v) is 7.65. The molecular weight excluding hydrogens is 400 g/mol. The number of carbonyl (C=O) groups is 1. The van der Waals surface area contributed by atoms with Crippen LogP contribution in [0.25, 0.3) is 0 Å². The van der Waals surface area contributed by atoms with Crippen LogP contribution >= 0.6 is 31.9 Å². The van der Waals surface area contributed by atoms with Crippen molar-refractivity contribution in [3.8, 4) is 5.75 Å². The Hall–Kier alpha value is -1.66. The molecule has 0 aliphatic heterocycles. The fourth-order valence-corrected chi connectivity index (χ4v) is 2.28. The molecule has 0 spiro atoms. The van der Waals surface area contributed by atoms with Crippen LogP contribution in [0.5, 0.6) is 5.75 Å². The number of nitrogens with one attached hydrogen (secondary N) is 1. The molecule has 6 heteroatoms. The summed E-state index contributed by atoms with van der Waals surface area (Å²) in [5.41, 5.74) is 4.05. The zero-order valence-electron chi connectivity index (χ0n) is 11.1. The van der Waals surface area contributed by atoms with Gasteiger partial charge in [-0.15, -0.1) is 0 Å². The molecule has 0 aliphatic rings. The molecule has 4 nitrogen and oxygen atoms in total. The molecule has 0 radical (unpaired) electrons. The molecule has 0 heterocycles. The number of rotatable bonds is 3. The minimum Gasteiger partial charge on any atom is -0.507 e. The summed E-state index contributed by atoms with van der Waals surface area (Å²) in [5.74, 6) is -0.200. The Morgan fingerprint density at radius 3 is 2.38 bits per heavy atom. The third-order valence-corrected chi connectivity index (χ3v) is 3.80. The lowest BCUT2D eigenvalue weighted by Crippen LogP contribution is -2.19. The molecule has 0 saturated carbocycles. The van der Waals surface area contributed by atoms with E-state index in [4.69, 9.17) is 0 Å². The first kappa shape index (κ1) is 15.7. The Balaban J connectivity index is 2.14. The Bertz CT molecular complexity index is 697. The van der Waals surface area contributed by atoms with Gasteiger partial charge in [-0.2, -0.15) is 5.10 Å². The van der Waals surface area contributed by atoms with Crippen LogP contribution in [0.3, 0.4) is 0 Å². The number of phenols is 1. The van der Waals surface area contributed by atoms with Crippen molar-refractivity contribution in [1.29, 1.82) is 0 Å². The number of carbonyl (C=O) groups excluding carboxylic acids is 1. The Morgan fingerprint density at radius 2 is 1.71 bits per heavy atom. The summed E-state index contributed by atoms with van der Waals surface area (Å²) in [6, 6.07) is 12.0. The number of hydrogen-bond acceptors (Lipinski definition) is 3. The number of hydrazone groups is 1. The van der Waals surface area contributed by atoms with Gasteiger partial charge in [0.15, 0.2) is 0 Å². The molecule has 2 rings (SSSR count). The highest BCUT2D eigenvalue weighted by molar-refractivity contribution is 9.10. The second kappa shape index (κ2) is 6.87. The van der Waals surface area contributed by atoms with Crippen molar-refractivity contribution >= 4 is 43.5 Å². The predicted octanol–water partition coefficient (Wildman–Crippen LogP) is 4.07. The van der Waals surface area contributed by atoms with Gasteiger partial charge in [-0.3, -0.25) is 4.79 Å². The minimum absolute atomic E-state index is 0.109. The zero-order valence-corrected chi connectivity index (χ0v) is 14.3. The second-order valence-corrected chi connectivity index (χ2v) is 6.14. The third kappa shape index (κ3) is 4.15. The lowest BCUT2D eigenvalue weighted by Gasteiger charge is -2.06. The molecule has 0 aromatic heterocycles. The maximum Gasteiger partial charge on any atom is 0.271 e. The zero-order chi connectivity index (χ0) is 15.4. The molecule has 2 aromatic carbocycles. The number of nitrogens with zero attached hydrogens (tertiary/aromatic N) is 1. The van der Waals surface area contributed by atoms with Crippen molar-refractivity contribution in [3.63, 3.8) is 0 Å². The van der Waals surface area contributed by atoms with Crippen LogP contribution in [0.2, 0.25) is 0 Å². The molecule has 0 bridgehead atoms. The average molecular weight is 412 g/mol. The van der Waals surface area contributed by atoms with Gasteiger partial charge in [-0.1, -0.05) is 31.9 Å². The molecule has 0 aliphatic carbocycles. The number of hydrogen-bond donors (Lipinski definition) is 2. The lowest BCUT2D eigenvalue weighted by atomic mass is 10.1. The van der Waals surface area contributed by atoms with E-state index < -0.39 is 0 Å². The average Bonchev–Trinajstić information content (AvgIpc) is 2.47. The highest BCUT2D eigenvalue weighted by Crippen LogP contribution is 2.22. The quantitative estimate of drug-likeness (QED) is 0.590. The summed E-state index contributed by atoms with van der Waals surface area (Å²) < 4.78 is 1.72. The molecule has 2 N–H and O–H groups in total. The van der Waals surface area contributed by atoms with Crippen LogP contribution in [-0.2, 0) is 0 Å². The lowest BCUT2D eigenvalue weighted by molar-refractivity contribution is 0.0955. The van der Waals surface area contributed by atoms with Crippen molar-refractivity contribution in [3.05, 3.63) is 62.5 Å². The first-order chi connectivity index (χ1) is 9.97. The van der Waals surface area contributed by atoms with E-state index in [-0.39, 0.29) is 11.7 Å². The SMILES string of the molecule is CC(=NNC(=O)c1ccc(Br)cc1)c1cc(Br)ccc1O. The van der Waals surface area contributed by atoms with E-state index in [1.807, 2.05) is 0 Å². The van der Waals surface area contributed by atoms with E-state index in [1.165, 1.54) is 0 Å². The minimum atomic E-state index is -0.309. The Labute approximate surface area is 139 Å². The topological polar surface area (TPSA) is 61.7 Å². The van der Waals surface area contributed by atoms with Crippen molar-refractivity contribution in [2.45, 2.75) is 6.92 Å². The van der Waals surface area contributed by atoms with Gasteiger partial charge in [-0.25, -0.2) is 5.43 Å². The van der Waals surface area contributed by atoms with Crippen LogP contribution in [0.4, 0.5) is 0 Å². The standard InChI is InChI=1S/C15H12Br2N2O2/c1-9(13-8-12(17)6-7-14(13)20)18-19-15(21)10-2-4-11(16)5-3-10/h2-8,20H,1H3,(H,19,21). The number of aromatic hydroxyl groups is 1. The third-order valence-electron chi connectivity index (χ3n) is 2.78. The highest BCUT2D eigenvalue weighted by Gasteiger charge is 2.07. The summed E-state index contributed by atoms with van der Waals surface area (Å²) in [6.45, 7) is 1.71. The molecule has 108 valence electrons. The number of benzene rings is 2. The van der Waals surface area contributed by atoms with Crippen molar-refractivity contribution in [2.24, 2.45) is 5.10 Å². The van der Waals surface area contributed by atoms with Crippen LogP contribution < -0.4 is 5.43 Å². The predicted molar refractivity (Wildman–Crippen MR) is 89.6 cm³/mol. The van der Waals surface area contributed by atoms with Gasteiger partial charge in [0, 0.05) is 20.1 Å². The van der Waals surface area contributed by atoms with Crippen molar-refractivity contribution in [1.82, 2.24) is 5.43 Å². The summed E-state index contributed by atoms with van der Waals surface area (Å²) >= 11 is 6.64. The van der Waals surface area contributed by atoms with Gasteiger partial charge in [0.2, 0.25) is 0 Å². The fraction of sp³-hybridized carbons (Fsp3) is 0.0667. The van der Waals surface area contributed by atoms with Gasteiger partial charge in [0.25, 0.3) is 5.91 Å². The van der Waals surface area contributed by atoms with Crippen LogP contribution in [-0.4, -0.2) is 16.7 Å². The number of phenolic OH excluding ortho intramolecular Hbond substituents is 1.